The quantitative estimate of drug-likeness (QED) is 0.853. The second-order valence-electron chi connectivity index (χ2n) is 5.22. The molecular formula is C13H16F3N7. The van der Waals surface area contributed by atoms with Gasteiger partial charge in [-0.2, -0.15) is 18.3 Å². The highest BCUT2D eigenvalue weighted by Crippen LogP contribution is 2.29. The predicted molar refractivity (Wildman–Crippen MR) is 74.7 cm³/mol. The molecule has 0 spiro atoms. The third-order valence-electron chi connectivity index (χ3n) is 3.79. The van der Waals surface area contributed by atoms with Crippen molar-refractivity contribution in [3.63, 3.8) is 0 Å². The van der Waals surface area contributed by atoms with Crippen molar-refractivity contribution >= 4 is 5.95 Å². The maximum absolute atomic E-state index is 12.8. The van der Waals surface area contributed by atoms with Crippen LogP contribution in [0.5, 0.6) is 0 Å². The van der Waals surface area contributed by atoms with Gasteiger partial charge >= 0.3 is 6.18 Å². The molecule has 0 atom stereocenters. The van der Waals surface area contributed by atoms with E-state index in [0.29, 0.717) is 12.5 Å². The van der Waals surface area contributed by atoms with Crippen molar-refractivity contribution in [3.05, 3.63) is 23.0 Å². The van der Waals surface area contributed by atoms with Gasteiger partial charge in [-0.3, -0.25) is 0 Å². The molecule has 124 valence electrons. The van der Waals surface area contributed by atoms with Gasteiger partial charge in [0.2, 0.25) is 11.8 Å². The van der Waals surface area contributed by atoms with E-state index in [-0.39, 0.29) is 18.9 Å². The van der Waals surface area contributed by atoms with Gasteiger partial charge in [-0.25, -0.2) is 4.98 Å². The largest absolute Gasteiger partial charge is 0.451 e. The van der Waals surface area contributed by atoms with Crippen molar-refractivity contribution in [1.82, 2.24) is 29.9 Å². The summed E-state index contributed by atoms with van der Waals surface area (Å²) in [6.07, 6.45) is -3.02. The Hall–Kier alpha value is -2.26. The lowest BCUT2D eigenvalue weighted by Gasteiger charge is -2.28. The van der Waals surface area contributed by atoms with Gasteiger partial charge in [0.15, 0.2) is 5.82 Å². The number of aryl methyl sites for hydroxylation is 2. The molecule has 0 saturated heterocycles. The SMILES string of the molecule is CCc1nnc(N2CCn3c(nnc3C(F)(F)F)C2)nc1CC. The molecule has 10 heteroatoms. The van der Waals surface area contributed by atoms with E-state index >= 15 is 0 Å². The van der Waals surface area contributed by atoms with Crippen LogP contribution in [0.1, 0.15) is 36.9 Å². The second kappa shape index (κ2) is 5.74. The van der Waals surface area contributed by atoms with Gasteiger partial charge in [-0.05, 0) is 12.8 Å². The number of hydrogen-bond donors (Lipinski definition) is 0. The monoisotopic (exact) mass is 327 g/mol. The normalized spacial score (nSPS) is 14.9. The van der Waals surface area contributed by atoms with Crippen molar-refractivity contribution in [2.75, 3.05) is 11.4 Å². The second-order valence-corrected chi connectivity index (χ2v) is 5.22. The molecule has 0 unspecified atom stereocenters. The number of anilines is 1. The van der Waals surface area contributed by atoms with Crippen molar-refractivity contribution in [2.24, 2.45) is 0 Å². The summed E-state index contributed by atoms with van der Waals surface area (Å²) in [4.78, 5) is 6.26. The lowest BCUT2D eigenvalue weighted by Crippen LogP contribution is -2.36. The molecule has 0 amide bonds. The topological polar surface area (TPSA) is 72.6 Å². The fourth-order valence-corrected chi connectivity index (χ4v) is 2.60. The van der Waals surface area contributed by atoms with E-state index in [1.54, 1.807) is 4.90 Å². The van der Waals surface area contributed by atoms with Crippen LogP contribution in [0.25, 0.3) is 0 Å². The molecule has 1 aliphatic rings. The lowest BCUT2D eigenvalue weighted by molar-refractivity contribution is -0.147. The number of fused-ring (bicyclic) bond motifs is 1. The molecule has 0 N–H and O–H groups in total. The van der Waals surface area contributed by atoms with Gasteiger partial charge in [-0.1, -0.05) is 13.8 Å². The van der Waals surface area contributed by atoms with Gasteiger partial charge in [0, 0.05) is 13.1 Å². The smallest absolute Gasteiger partial charge is 0.330 e. The van der Waals surface area contributed by atoms with E-state index in [0.717, 1.165) is 28.8 Å². The minimum absolute atomic E-state index is 0.136. The molecule has 0 aromatic carbocycles. The van der Waals surface area contributed by atoms with E-state index in [4.69, 9.17) is 0 Å². The minimum atomic E-state index is -4.50. The Balaban J connectivity index is 1.87. The highest BCUT2D eigenvalue weighted by molar-refractivity contribution is 5.32. The van der Waals surface area contributed by atoms with Crippen LogP contribution in [0.2, 0.25) is 0 Å². The van der Waals surface area contributed by atoms with Gasteiger partial charge in [0.1, 0.15) is 0 Å². The van der Waals surface area contributed by atoms with Crippen LogP contribution < -0.4 is 4.90 Å². The van der Waals surface area contributed by atoms with Crippen LogP contribution in [0.15, 0.2) is 0 Å². The molecule has 1 aliphatic heterocycles. The van der Waals surface area contributed by atoms with E-state index in [1.165, 1.54) is 0 Å². The molecule has 0 bridgehead atoms. The first kappa shape index (κ1) is 15.6. The average molecular weight is 327 g/mol. The number of hydrogen-bond acceptors (Lipinski definition) is 6. The first-order chi connectivity index (χ1) is 10.9. The fraction of sp³-hybridized carbons (Fsp3) is 0.615. The Morgan fingerprint density at radius 2 is 1.70 bits per heavy atom. The maximum atomic E-state index is 12.8. The Kier molecular flexibility index (Phi) is 3.90. The van der Waals surface area contributed by atoms with Crippen LogP contribution in [-0.4, -0.2) is 36.5 Å². The third-order valence-corrected chi connectivity index (χ3v) is 3.79. The summed E-state index contributed by atoms with van der Waals surface area (Å²) in [5, 5.41) is 15.2. The Morgan fingerprint density at radius 1 is 0.957 bits per heavy atom. The minimum Gasteiger partial charge on any atom is -0.330 e. The molecule has 0 aliphatic carbocycles. The zero-order valence-corrected chi connectivity index (χ0v) is 12.8. The summed E-state index contributed by atoms with van der Waals surface area (Å²) in [6.45, 7) is 4.63. The number of rotatable bonds is 3. The lowest BCUT2D eigenvalue weighted by atomic mass is 10.2. The molecule has 0 radical (unpaired) electrons. The number of aromatic nitrogens is 6. The Labute approximate surface area is 130 Å². The van der Waals surface area contributed by atoms with E-state index < -0.39 is 12.0 Å². The molecule has 3 rings (SSSR count). The molecule has 2 aromatic heterocycles. The molecule has 3 heterocycles. The highest BCUT2D eigenvalue weighted by Gasteiger charge is 2.39. The number of nitrogens with zero attached hydrogens (tertiary/aromatic N) is 7. The summed E-state index contributed by atoms with van der Waals surface area (Å²) in [6, 6.07) is 0. The fourth-order valence-electron chi connectivity index (χ4n) is 2.60. The van der Waals surface area contributed by atoms with Gasteiger partial charge < -0.3 is 9.47 Å². The van der Waals surface area contributed by atoms with Crippen molar-refractivity contribution < 1.29 is 13.2 Å². The molecule has 7 nitrogen and oxygen atoms in total. The summed E-state index contributed by atoms with van der Waals surface area (Å²) < 4.78 is 39.6. The molecular weight excluding hydrogens is 311 g/mol. The molecule has 0 fully saturated rings. The van der Waals surface area contributed by atoms with Crippen molar-refractivity contribution in [1.29, 1.82) is 0 Å². The van der Waals surface area contributed by atoms with Crippen LogP contribution in [0, 0.1) is 0 Å². The van der Waals surface area contributed by atoms with Crippen LogP contribution in [0.4, 0.5) is 19.1 Å². The summed E-state index contributed by atoms with van der Waals surface area (Å²) >= 11 is 0. The van der Waals surface area contributed by atoms with Crippen molar-refractivity contribution in [3.8, 4) is 0 Å². The highest BCUT2D eigenvalue weighted by atomic mass is 19.4. The average Bonchev–Trinajstić information content (AvgIpc) is 2.97. The van der Waals surface area contributed by atoms with E-state index in [1.807, 2.05) is 13.8 Å². The molecule has 2 aromatic rings. The van der Waals surface area contributed by atoms with Crippen LogP contribution in [0.3, 0.4) is 0 Å². The third kappa shape index (κ3) is 2.84. The van der Waals surface area contributed by atoms with Crippen molar-refractivity contribution in [2.45, 2.75) is 46.0 Å². The number of alkyl halides is 3. The van der Waals surface area contributed by atoms with Crippen LogP contribution >= 0.6 is 0 Å². The van der Waals surface area contributed by atoms with Gasteiger partial charge in [0.25, 0.3) is 0 Å². The first-order valence-electron chi connectivity index (χ1n) is 7.40. The molecule has 0 saturated carbocycles. The summed E-state index contributed by atoms with van der Waals surface area (Å²) in [7, 11) is 0. The van der Waals surface area contributed by atoms with Gasteiger partial charge in [-0.15, -0.1) is 15.3 Å². The summed E-state index contributed by atoms with van der Waals surface area (Å²) in [5.41, 5.74) is 1.70. The Morgan fingerprint density at radius 3 is 2.35 bits per heavy atom. The Bertz CT molecular complexity index is 710. The maximum Gasteiger partial charge on any atom is 0.451 e. The van der Waals surface area contributed by atoms with Crippen LogP contribution in [-0.2, 0) is 32.1 Å². The van der Waals surface area contributed by atoms with Gasteiger partial charge in [0.05, 0.1) is 17.9 Å². The molecule has 23 heavy (non-hydrogen) atoms. The standard InChI is InChI=1S/C13H16F3N7/c1-3-8-9(4-2)18-21-12(17-8)22-5-6-23-10(7-22)19-20-11(23)13(14,15)16/h3-7H2,1-2H3. The zero-order chi connectivity index (χ0) is 16.6. The first-order valence-corrected chi connectivity index (χ1v) is 7.40. The number of halogens is 3. The van der Waals surface area contributed by atoms with E-state index in [9.17, 15) is 13.2 Å². The van der Waals surface area contributed by atoms with E-state index in [2.05, 4.69) is 25.4 Å². The predicted octanol–water partition coefficient (Wildman–Crippen LogP) is 1.63. The summed E-state index contributed by atoms with van der Waals surface area (Å²) in [5.74, 6) is -0.284. The zero-order valence-electron chi connectivity index (χ0n) is 12.8.